The van der Waals surface area contributed by atoms with Crippen LogP contribution in [0.1, 0.15) is 5.56 Å². The molecule has 0 N–H and O–H groups in total. The van der Waals surface area contributed by atoms with Crippen LogP contribution in [0.25, 0.3) is 27.8 Å². The standard InChI is InChI=1S/C29H27N5/c1-22-9-8-14-25(19-22)34-20-26(23-10-4-2-5-11-23)27-28(30-21-31-29(27)34)33-17-15-32(16-18-33)24-12-6-3-7-13-24/h2-14,19-21H,15-18H2,1H3. The van der Waals surface area contributed by atoms with Crippen molar-refractivity contribution in [3.63, 3.8) is 0 Å². The second-order valence-electron chi connectivity index (χ2n) is 8.82. The maximum absolute atomic E-state index is 4.82. The fraction of sp³-hybridized carbons (Fsp3) is 0.172. The maximum Gasteiger partial charge on any atom is 0.150 e. The van der Waals surface area contributed by atoms with Gasteiger partial charge in [-0.05, 0) is 42.3 Å². The normalized spacial score (nSPS) is 14.0. The van der Waals surface area contributed by atoms with E-state index in [0.717, 1.165) is 54.3 Å². The van der Waals surface area contributed by atoms with Crippen LogP contribution in [0.5, 0.6) is 0 Å². The van der Waals surface area contributed by atoms with Gasteiger partial charge in [-0.25, -0.2) is 9.97 Å². The monoisotopic (exact) mass is 445 g/mol. The van der Waals surface area contributed by atoms with Crippen molar-refractivity contribution in [3.8, 4) is 16.8 Å². The molecule has 34 heavy (non-hydrogen) atoms. The zero-order valence-corrected chi connectivity index (χ0v) is 19.3. The number of benzene rings is 3. The van der Waals surface area contributed by atoms with Gasteiger partial charge in [0.15, 0.2) is 5.65 Å². The van der Waals surface area contributed by atoms with Gasteiger partial charge in [-0.2, -0.15) is 0 Å². The van der Waals surface area contributed by atoms with E-state index in [1.54, 1.807) is 6.33 Å². The highest BCUT2D eigenvalue weighted by Crippen LogP contribution is 2.37. The van der Waals surface area contributed by atoms with Gasteiger partial charge >= 0.3 is 0 Å². The van der Waals surface area contributed by atoms with E-state index in [1.807, 2.05) is 0 Å². The molecule has 1 aliphatic rings. The summed E-state index contributed by atoms with van der Waals surface area (Å²) in [7, 11) is 0. The number of fused-ring (bicyclic) bond motifs is 1. The summed E-state index contributed by atoms with van der Waals surface area (Å²) in [4.78, 5) is 14.5. The molecule has 6 rings (SSSR count). The predicted octanol–water partition coefficient (Wildman–Crippen LogP) is 5.72. The van der Waals surface area contributed by atoms with E-state index in [0.29, 0.717) is 0 Å². The molecule has 0 amide bonds. The molecule has 3 aromatic carbocycles. The lowest BCUT2D eigenvalue weighted by molar-refractivity contribution is 0.649. The molecule has 0 atom stereocenters. The largest absolute Gasteiger partial charge is 0.368 e. The lowest BCUT2D eigenvalue weighted by Gasteiger charge is -2.37. The number of anilines is 2. The molecule has 0 saturated carbocycles. The van der Waals surface area contributed by atoms with E-state index < -0.39 is 0 Å². The molecule has 5 nitrogen and oxygen atoms in total. The maximum atomic E-state index is 4.82. The smallest absolute Gasteiger partial charge is 0.150 e. The Balaban J connectivity index is 1.44. The summed E-state index contributed by atoms with van der Waals surface area (Å²) in [5, 5.41) is 1.11. The van der Waals surface area contributed by atoms with Crippen LogP contribution in [0, 0.1) is 6.92 Å². The third-order valence-electron chi connectivity index (χ3n) is 6.63. The Labute approximate surface area is 199 Å². The fourth-order valence-corrected chi connectivity index (χ4v) is 4.91. The molecule has 1 aliphatic heterocycles. The lowest BCUT2D eigenvalue weighted by Crippen LogP contribution is -2.46. The highest BCUT2D eigenvalue weighted by Gasteiger charge is 2.24. The topological polar surface area (TPSA) is 37.2 Å². The Hall–Kier alpha value is -4.12. The molecule has 1 fully saturated rings. The molecule has 5 heteroatoms. The summed E-state index contributed by atoms with van der Waals surface area (Å²) in [5.74, 6) is 1.02. The Morgan fingerprint density at radius 1 is 0.676 bits per heavy atom. The highest BCUT2D eigenvalue weighted by molar-refractivity contribution is 6.02. The summed E-state index contributed by atoms with van der Waals surface area (Å²) in [6.07, 6.45) is 3.93. The van der Waals surface area contributed by atoms with Gasteiger partial charge < -0.3 is 14.4 Å². The predicted molar refractivity (Wildman–Crippen MR) is 140 cm³/mol. The number of nitrogens with zero attached hydrogens (tertiary/aromatic N) is 5. The average molecular weight is 446 g/mol. The van der Waals surface area contributed by atoms with Gasteiger partial charge in [0, 0.05) is 49.3 Å². The van der Waals surface area contributed by atoms with Crippen molar-refractivity contribution >= 4 is 22.5 Å². The van der Waals surface area contributed by atoms with Gasteiger partial charge in [0.25, 0.3) is 0 Å². The molecule has 0 spiro atoms. The quantitative estimate of drug-likeness (QED) is 0.354. The molecular weight excluding hydrogens is 418 g/mol. The van der Waals surface area contributed by atoms with Gasteiger partial charge in [0.1, 0.15) is 12.1 Å². The molecule has 0 bridgehead atoms. The first kappa shape index (κ1) is 20.5. The molecule has 168 valence electrons. The van der Waals surface area contributed by atoms with Crippen LogP contribution in [0.4, 0.5) is 11.5 Å². The van der Waals surface area contributed by atoms with Crippen molar-refractivity contribution in [3.05, 3.63) is 103 Å². The minimum absolute atomic E-state index is 0.921. The van der Waals surface area contributed by atoms with Crippen molar-refractivity contribution in [1.29, 1.82) is 0 Å². The van der Waals surface area contributed by atoms with Crippen LogP contribution in [-0.4, -0.2) is 40.7 Å². The van der Waals surface area contributed by atoms with Gasteiger partial charge in [-0.3, -0.25) is 0 Å². The Morgan fingerprint density at radius 3 is 2.09 bits per heavy atom. The molecule has 0 radical (unpaired) electrons. The highest BCUT2D eigenvalue weighted by atomic mass is 15.3. The van der Waals surface area contributed by atoms with E-state index >= 15 is 0 Å². The first-order valence-electron chi connectivity index (χ1n) is 11.8. The van der Waals surface area contributed by atoms with Crippen LogP contribution < -0.4 is 9.80 Å². The summed E-state index contributed by atoms with van der Waals surface area (Å²) in [6, 6.07) is 29.8. The van der Waals surface area contributed by atoms with Gasteiger partial charge in [-0.15, -0.1) is 0 Å². The molecule has 0 unspecified atom stereocenters. The van der Waals surface area contributed by atoms with Gasteiger partial charge in [0.05, 0.1) is 5.39 Å². The Kier molecular flexibility index (Phi) is 5.22. The van der Waals surface area contributed by atoms with Crippen LogP contribution in [0.3, 0.4) is 0 Å². The second-order valence-corrected chi connectivity index (χ2v) is 8.82. The van der Waals surface area contributed by atoms with Crippen molar-refractivity contribution in [2.24, 2.45) is 0 Å². The number of hydrogen-bond acceptors (Lipinski definition) is 4. The molecular formula is C29H27N5. The van der Waals surface area contributed by atoms with Crippen LogP contribution in [0.15, 0.2) is 97.5 Å². The SMILES string of the molecule is Cc1cccc(-n2cc(-c3ccccc3)c3c(N4CCN(c5ccccc5)CC4)ncnc32)c1. The third kappa shape index (κ3) is 3.69. The van der Waals surface area contributed by atoms with Crippen LogP contribution in [-0.2, 0) is 0 Å². The molecule has 3 heterocycles. The molecule has 1 saturated heterocycles. The lowest BCUT2D eigenvalue weighted by atomic mass is 10.1. The summed E-state index contributed by atoms with van der Waals surface area (Å²) >= 11 is 0. The van der Waals surface area contributed by atoms with Gasteiger partial charge in [-0.1, -0.05) is 60.7 Å². The van der Waals surface area contributed by atoms with E-state index in [2.05, 4.69) is 112 Å². The minimum Gasteiger partial charge on any atom is -0.368 e. The van der Waals surface area contributed by atoms with E-state index in [9.17, 15) is 0 Å². The summed E-state index contributed by atoms with van der Waals surface area (Å²) < 4.78 is 2.20. The van der Waals surface area contributed by atoms with E-state index in [-0.39, 0.29) is 0 Å². The number of para-hydroxylation sites is 1. The Morgan fingerprint density at radius 2 is 1.35 bits per heavy atom. The summed E-state index contributed by atoms with van der Waals surface area (Å²) in [5.41, 5.74) is 6.92. The number of rotatable bonds is 4. The van der Waals surface area contributed by atoms with Crippen molar-refractivity contribution in [2.45, 2.75) is 6.92 Å². The zero-order valence-electron chi connectivity index (χ0n) is 19.3. The molecule has 5 aromatic rings. The van der Waals surface area contributed by atoms with Crippen LogP contribution in [0.2, 0.25) is 0 Å². The van der Waals surface area contributed by atoms with Gasteiger partial charge in [0.2, 0.25) is 0 Å². The third-order valence-corrected chi connectivity index (χ3v) is 6.63. The number of hydrogen-bond donors (Lipinski definition) is 0. The van der Waals surface area contributed by atoms with E-state index in [1.165, 1.54) is 16.8 Å². The number of aromatic nitrogens is 3. The second kappa shape index (κ2) is 8.67. The molecule has 0 aliphatic carbocycles. The first-order valence-corrected chi connectivity index (χ1v) is 11.8. The fourth-order valence-electron chi connectivity index (χ4n) is 4.91. The average Bonchev–Trinajstić information content (AvgIpc) is 3.30. The Bertz CT molecular complexity index is 1420. The number of piperazine rings is 1. The van der Waals surface area contributed by atoms with E-state index in [4.69, 9.17) is 9.97 Å². The molecule has 2 aromatic heterocycles. The van der Waals surface area contributed by atoms with Crippen LogP contribution >= 0.6 is 0 Å². The number of aryl methyl sites for hydroxylation is 1. The zero-order chi connectivity index (χ0) is 22.9. The van der Waals surface area contributed by atoms with Crippen molar-refractivity contribution < 1.29 is 0 Å². The summed E-state index contributed by atoms with van der Waals surface area (Å²) in [6.45, 7) is 5.90. The van der Waals surface area contributed by atoms with Crippen molar-refractivity contribution in [2.75, 3.05) is 36.0 Å². The minimum atomic E-state index is 0.921. The first-order chi connectivity index (χ1) is 16.8. The van der Waals surface area contributed by atoms with Crippen molar-refractivity contribution in [1.82, 2.24) is 14.5 Å².